The third-order valence-electron chi connectivity index (χ3n) is 4.25. The van der Waals surface area contributed by atoms with Crippen LogP contribution in [0.15, 0.2) is 30.3 Å². The van der Waals surface area contributed by atoms with Crippen molar-refractivity contribution in [2.24, 2.45) is 5.73 Å². The van der Waals surface area contributed by atoms with E-state index in [0.29, 0.717) is 18.4 Å². The molecule has 3 heteroatoms. The van der Waals surface area contributed by atoms with E-state index in [0.717, 1.165) is 25.8 Å². The summed E-state index contributed by atoms with van der Waals surface area (Å²) in [6, 6.07) is 10.9. The van der Waals surface area contributed by atoms with Crippen LogP contribution in [0.25, 0.3) is 0 Å². The summed E-state index contributed by atoms with van der Waals surface area (Å²) in [5.74, 6) is 0.660. The van der Waals surface area contributed by atoms with Gasteiger partial charge in [0.1, 0.15) is 0 Å². The Kier molecular flexibility index (Phi) is 5.18. The van der Waals surface area contributed by atoms with Crippen LogP contribution in [0.2, 0.25) is 0 Å². The van der Waals surface area contributed by atoms with Crippen molar-refractivity contribution in [3.63, 3.8) is 0 Å². The van der Waals surface area contributed by atoms with Gasteiger partial charge in [0.2, 0.25) is 5.91 Å². The second-order valence-corrected chi connectivity index (χ2v) is 5.90. The average Bonchev–Trinajstić information content (AvgIpc) is 2.89. The Morgan fingerprint density at radius 3 is 2.70 bits per heavy atom. The van der Waals surface area contributed by atoms with Gasteiger partial charge in [0, 0.05) is 31.0 Å². The van der Waals surface area contributed by atoms with Gasteiger partial charge in [-0.3, -0.25) is 4.79 Å². The quantitative estimate of drug-likeness (QED) is 0.897. The van der Waals surface area contributed by atoms with Crippen molar-refractivity contribution in [2.45, 2.75) is 57.5 Å². The largest absolute Gasteiger partial charge is 0.339 e. The van der Waals surface area contributed by atoms with Gasteiger partial charge in [-0.05, 0) is 31.7 Å². The molecule has 1 saturated heterocycles. The third-order valence-corrected chi connectivity index (χ3v) is 4.25. The van der Waals surface area contributed by atoms with Crippen LogP contribution >= 0.6 is 0 Å². The highest BCUT2D eigenvalue weighted by Crippen LogP contribution is 2.33. The highest BCUT2D eigenvalue weighted by molar-refractivity contribution is 5.77. The SMILES string of the molecule is CCC(c1ccccc1)C1CCCN1C(=O)CC(C)N. The number of nitrogens with zero attached hydrogens (tertiary/aromatic N) is 1. The number of carbonyl (C=O) groups is 1. The fourth-order valence-corrected chi connectivity index (χ4v) is 3.34. The smallest absolute Gasteiger partial charge is 0.224 e. The van der Waals surface area contributed by atoms with E-state index in [9.17, 15) is 4.79 Å². The molecule has 3 nitrogen and oxygen atoms in total. The number of hydrogen-bond acceptors (Lipinski definition) is 2. The molecule has 1 fully saturated rings. The van der Waals surface area contributed by atoms with Crippen LogP contribution in [-0.2, 0) is 4.79 Å². The normalized spacial score (nSPS) is 21.8. The predicted molar refractivity (Wildman–Crippen MR) is 82.5 cm³/mol. The van der Waals surface area contributed by atoms with Crippen molar-refractivity contribution in [1.29, 1.82) is 0 Å². The minimum Gasteiger partial charge on any atom is -0.339 e. The number of benzene rings is 1. The van der Waals surface area contributed by atoms with Crippen molar-refractivity contribution in [3.05, 3.63) is 35.9 Å². The summed E-state index contributed by atoms with van der Waals surface area (Å²) in [4.78, 5) is 14.4. The van der Waals surface area contributed by atoms with Crippen LogP contribution in [0.4, 0.5) is 0 Å². The van der Waals surface area contributed by atoms with Gasteiger partial charge in [0.25, 0.3) is 0 Å². The molecule has 2 rings (SSSR count). The van der Waals surface area contributed by atoms with E-state index in [4.69, 9.17) is 5.73 Å². The first-order chi connectivity index (χ1) is 9.63. The maximum absolute atomic E-state index is 12.4. The molecule has 110 valence electrons. The van der Waals surface area contributed by atoms with Crippen molar-refractivity contribution in [3.8, 4) is 0 Å². The summed E-state index contributed by atoms with van der Waals surface area (Å²) in [7, 11) is 0. The Labute approximate surface area is 122 Å². The molecule has 1 aromatic rings. The summed E-state index contributed by atoms with van der Waals surface area (Å²) < 4.78 is 0. The lowest BCUT2D eigenvalue weighted by atomic mass is 9.87. The second-order valence-electron chi connectivity index (χ2n) is 5.90. The Morgan fingerprint density at radius 1 is 1.40 bits per heavy atom. The molecule has 1 heterocycles. The minimum absolute atomic E-state index is 0.0550. The zero-order valence-corrected chi connectivity index (χ0v) is 12.6. The van der Waals surface area contributed by atoms with Gasteiger partial charge in [-0.1, -0.05) is 37.3 Å². The number of carbonyl (C=O) groups excluding carboxylic acids is 1. The summed E-state index contributed by atoms with van der Waals surface area (Å²) in [5, 5.41) is 0. The van der Waals surface area contributed by atoms with Crippen molar-refractivity contribution in [2.75, 3.05) is 6.54 Å². The Morgan fingerprint density at radius 2 is 2.10 bits per heavy atom. The molecule has 20 heavy (non-hydrogen) atoms. The van der Waals surface area contributed by atoms with E-state index < -0.39 is 0 Å². The summed E-state index contributed by atoms with van der Waals surface area (Å²) >= 11 is 0. The fourth-order valence-electron chi connectivity index (χ4n) is 3.34. The van der Waals surface area contributed by atoms with Crippen molar-refractivity contribution in [1.82, 2.24) is 4.90 Å². The molecule has 2 N–H and O–H groups in total. The predicted octanol–water partition coefficient (Wildman–Crippen LogP) is 2.91. The van der Waals surface area contributed by atoms with E-state index in [1.54, 1.807) is 0 Å². The molecule has 3 atom stereocenters. The number of hydrogen-bond donors (Lipinski definition) is 1. The lowest BCUT2D eigenvalue weighted by molar-refractivity contribution is -0.132. The molecule has 1 amide bonds. The fraction of sp³-hybridized carbons (Fsp3) is 0.588. The Bertz CT molecular complexity index is 430. The molecule has 1 aliphatic heterocycles. The van der Waals surface area contributed by atoms with E-state index in [1.165, 1.54) is 5.56 Å². The van der Waals surface area contributed by atoms with E-state index in [1.807, 2.05) is 13.0 Å². The zero-order chi connectivity index (χ0) is 14.5. The first-order valence-electron chi connectivity index (χ1n) is 7.73. The monoisotopic (exact) mass is 274 g/mol. The summed E-state index contributed by atoms with van der Waals surface area (Å²) in [5.41, 5.74) is 7.13. The van der Waals surface area contributed by atoms with Gasteiger partial charge >= 0.3 is 0 Å². The lowest BCUT2D eigenvalue weighted by Crippen LogP contribution is -2.41. The van der Waals surface area contributed by atoms with Gasteiger partial charge < -0.3 is 10.6 Å². The second kappa shape index (κ2) is 6.89. The first kappa shape index (κ1) is 15.0. The number of likely N-dealkylation sites (tertiary alicyclic amines) is 1. The number of nitrogens with two attached hydrogens (primary N) is 1. The summed E-state index contributed by atoms with van der Waals surface area (Å²) in [6.07, 6.45) is 3.75. The maximum atomic E-state index is 12.4. The highest BCUT2D eigenvalue weighted by atomic mass is 16.2. The molecule has 0 bridgehead atoms. The molecule has 0 aliphatic carbocycles. The van der Waals surface area contributed by atoms with Crippen LogP contribution < -0.4 is 5.73 Å². The molecular formula is C17H26N2O. The first-order valence-corrected chi connectivity index (χ1v) is 7.73. The molecule has 0 saturated carbocycles. The Hall–Kier alpha value is -1.35. The van der Waals surface area contributed by atoms with Crippen LogP contribution in [0.3, 0.4) is 0 Å². The van der Waals surface area contributed by atoms with Crippen LogP contribution in [0.5, 0.6) is 0 Å². The molecule has 0 aromatic heterocycles. The number of rotatable bonds is 5. The lowest BCUT2D eigenvalue weighted by Gasteiger charge is -2.32. The standard InChI is InChI=1S/C17H26N2O/c1-3-15(14-8-5-4-6-9-14)16-10-7-11-19(16)17(20)12-13(2)18/h4-6,8-9,13,15-16H,3,7,10-12,18H2,1-2H3. The van der Waals surface area contributed by atoms with E-state index >= 15 is 0 Å². The molecule has 0 radical (unpaired) electrons. The van der Waals surface area contributed by atoms with Gasteiger partial charge in [-0.15, -0.1) is 0 Å². The van der Waals surface area contributed by atoms with Crippen LogP contribution in [0.1, 0.15) is 51.0 Å². The Balaban J connectivity index is 2.14. The molecule has 1 aromatic carbocycles. The zero-order valence-electron chi connectivity index (χ0n) is 12.6. The van der Waals surface area contributed by atoms with Crippen LogP contribution in [-0.4, -0.2) is 29.4 Å². The molecular weight excluding hydrogens is 248 g/mol. The minimum atomic E-state index is -0.0550. The van der Waals surface area contributed by atoms with Crippen molar-refractivity contribution >= 4 is 5.91 Å². The topological polar surface area (TPSA) is 46.3 Å². The molecule has 1 aliphatic rings. The van der Waals surface area contributed by atoms with Gasteiger partial charge in [-0.2, -0.15) is 0 Å². The maximum Gasteiger partial charge on any atom is 0.224 e. The molecule has 0 spiro atoms. The number of amides is 1. The van der Waals surface area contributed by atoms with Crippen molar-refractivity contribution < 1.29 is 4.79 Å². The van der Waals surface area contributed by atoms with Gasteiger partial charge in [-0.25, -0.2) is 0 Å². The average molecular weight is 274 g/mol. The summed E-state index contributed by atoms with van der Waals surface area (Å²) in [6.45, 7) is 5.00. The van der Waals surface area contributed by atoms with E-state index in [-0.39, 0.29) is 11.9 Å². The van der Waals surface area contributed by atoms with Crippen LogP contribution in [0, 0.1) is 0 Å². The van der Waals surface area contributed by atoms with Gasteiger partial charge in [0.15, 0.2) is 0 Å². The van der Waals surface area contributed by atoms with E-state index in [2.05, 4.69) is 36.1 Å². The third kappa shape index (κ3) is 3.40. The van der Waals surface area contributed by atoms with Gasteiger partial charge in [0.05, 0.1) is 0 Å². The molecule has 3 unspecified atom stereocenters. The highest BCUT2D eigenvalue weighted by Gasteiger charge is 2.34.